The third kappa shape index (κ3) is 7.55. The molecular weight excluding hydrogens is 224 g/mol. The van der Waals surface area contributed by atoms with E-state index < -0.39 is 10.0 Å². The Balaban J connectivity index is 0. The molecule has 0 amide bonds. The number of hydrogen-bond acceptors (Lipinski definition) is 3. The molecular formula is C8H21ClN2O2S. The van der Waals surface area contributed by atoms with Crippen LogP contribution in [0.2, 0.25) is 0 Å². The van der Waals surface area contributed by atoms with Crippen molar-refractivity contribution in [3.05, 3.63) is 0 Å². The van der Waals surface area contributed by atoms with Crippen molar-refractivity contribution in [2.75, 3.05) is 12.3 Å². The molecule has 0 bridgehead atoms. The Morgan fingerprint density at radius 3 is 2.29 bits per heavy atom. The first-order valence-corrected chi connectivity index (χ1v) is 6.41. The van der Waals surface area contributed by atoms with Gasteiger partial charge in [-0.15, -0.1) is 12.4 Å². The Labute approximate surface area is 93.1 Å². The van der Waals surface area contributed by atoms with Gasteiger partial charge in [-0.1, -0.05) is 19.8 Å². The van der Waals surface area contributed by atoms with Crippen LogP contribution in [0.4, 0.5) is 0 Å². The van der Waals surface area contributed by atoms with Gasteiger partial charge in [0.15, 0.2) is 0 Å². The molecule has 14 heavy (non-hydrogen) atoms. The molecule has 0 spiro atoms. The van der Waals surface area contributed by atoms with Crippen molar-refractivity contribution in [3.8, 4) is 0 Å². The highest BCUT2D eigenvalue weighted by molar-refractivity contribution is 7.89. The molecule has 0 aromatic rings. The molecule has 0 radical (unpaired) electrons. The molecule has 6 heteroatoms. The van der Waals surface area contributed by atoms with Crippen molar-refractivity contribution in [2.24, 2.45) is 5.73 Å². The van der Waals surface area contributed by atoms with Gasteiger partial charge in [-0.2, -0.15) is 0 Å². The van der Waals surface area contributed by atoms with Gasteiger partial charge < -0.3 is 5.73 Å². The minimum Gasteiger partial charge on any atom is -0.329 e. The molecule has 0 saturated carbocycles. The third-order valence-electron chi connectivity index (χ3n) is 1.92. The molecule has 0 heterocycles. The molecule has 0 aromatic carbocycles. The van der Waals surface area contributed by atoms with Crippen molar-refractivity contribution in [1.29, 1.82) is 0 Å². The largest absolute Gasteiger partial charge is 0.329 e. The Morgan fingerprint density at radius 1 is 1.36 bits per heavy atom. The molecule has 1 atom stereocenters. The SMILES string of the molecule is CCCCC(CN)NS(=O)(=O)CC.Cl. The van der Waals surface area contributed by atoms with Gasteiger partial charge >= 0.3 is 0 Å². The van der Waals surface area contributed by atoms with Crippen LogP contribution in [0.25, 0.3) is 0 Å². The molecule has 88 valence electrons. The second kappa shape index (κ2) is 8.47. The zero-order chi connectivity index (χ0) is 10.3. The van der Waals surface area contributed by atoms with Crippen molar-refractivity contribution >= 4 is 22.4 Å². The monoisotopic (exact) mass is 244 g/mol. The predicted molar refractivity (Wildman–Crippen MR) is 62.2 cm³/mol. The zero-order valence-electron chi connectivity index (χ0n) is 8.82. The van der Waals surface area contributed by atoms with Gasteiger partial charge in [0.05, 0.1) is 5.75 Å². The molecule has 3 N–H and O–H groups in total. The highest BCUT2D eigenvalue weighted by Gasteiger charge is 2.13. The molecule has 0 aliphatic rings. The van der Waals surface area contributed by atoms with Gasteiger partial charge in [-0.25, -0.2) is 13.1 Å². The maximum atomic E-state index is 11.2. The lowest BCUT2D eigenvalue weighted by Crippen LogP contribution is -2.40. The molecule has 0 fully saturated rings. The van der Waals surface area contributed by atoms with Crippen LogP contribution < -0.4 is 10.5 Å². The molecule has 0 aliphatic heterocycles. The summed E-state index contributed by atoms with van der Waals surface area (Å²) in [6, 6.07) is -0.0927. The minimum absolute atomic E-state index is 0. The van der Waals surface area contributed by atoms with Crippen LogP contribution >= 0.6 is 12.4 Å². The number of rotatable bonds is 7. The summed E-state index contributed by atoms with van der Waals surface area (Å²) in [5.74, 6) is 0.121. The molecule has 4 nitrogen and oxygen atoms in total. The van der Waals surface area contributed by atoms with Crippen LogP contribution in [0.15, 0.2) is 0 Å². The highest BCUT2D eigenvalue weighted by atomic mass is 35.5. The van der Waals surface area contributed by atoms with E-state index in [-0.39, 0.29) is 24.2 Å². The number of nitrogens with two attached hydrogens (primary N) is 1. The van der Waals surface area contributed by atoms with E-state index in [2.05, 4.69) is 11.6 Å². The number of hydrogen-bond donors (Lipinski definition) is 2. The van der Waals surface area contributed by atoms with Crippen molar-refractivity contribution in [2.45, 2.75) is 39.2 Å². The Hall–Kier alpha value is 0.160. The summed E-state index contributed by atoms with van der Waals surface area (Å²) in [6.45, 7) is 4.07. The van der Waals surface area contributed by atoms with Crippen LogP contribution in [-0.4, -0.2) is 26.8 Å². The number of sulfonamides is 1. The Morgan fingerprint density at radius 2 is 1.93 bits per heavy atom. The molecule has 0 saturated heterocycles. The average molecular weight is 245 g/mol. The average Bonchev–Trinajstić information content (AvgIpc) is 2.12. The van der Waals surface area contributed by atoms with E-state index in [0.717, 1.165) is 19.3 Å². The Kier molecular flexibility index (Phi) is 10.0. The smallest absolute Gasteiger partial charge is 0.211 e. The van der Waals surface area contributed by atoms with Crippen LogP contribution in [0, 0.1) is 0 Å². The summed E-state index contributed by atoms with van der Waals surface area (Å²) in [4.78, 5) is 0. The lowest BCUT2D eigenvalue weighted by Gasteiger charge is -2.15. The van der Waals surface area contributed by atoms with Gasteiger partial charge in [-0.05, 0) is 13.3 Å². The summed E-state index contributed by atoms with van der Waals surface area (Å²) in [7, 11) is -3.09. The first-order valence-electron chi connectivity index (χ1n) is 4.75. The molecule has 1 unspecified atom stereocenters. The standard InChI is InChI=1S/C8H20N2O2S.ClH/c1-3-5-6-8(7-9)10-13(11,12)4-2;/h8,10H,3-7,9H2,1-2H3;1H. The van der Waals surface area contributed by atoms with E-state index >= 15 is 0 Å². The highest BCUT2D eigenvalue weighted by Crippen LogP contribution is 2.00. The minimum atomic E-state index is -3.09. The zero-order valence-corrected chi connectivity index (χ0v) is 10.5. The summed E-state index contributed by atoms with van der Waals surface area (Å²) in [6.07, 6.45) is 2.89. The van der Waals surface area contributed by atoms with E-state index in [0.29, 0.717) is 6.54 Å². The summed E-state index contributed by atoms with van der Waals surface area (Å²) in [5.41, 5.74) is 5.45. The second-order valence-corrected chi connectivity index (χ2v) is 5.14. The molecule has 0 aromatic heterocycles. The first kappa shape index (κ1) is 16.6. The first-order chi connectivity index (χ1) is 6.05. The predicted octanol–water partition coefficient (Wildman–Crippen LogP) is 0.865. The van der Waals surface area contributed by atoms with Gasteiger partial charge in [0.25, 0.3) is 0 Å². The van der Waals surface area contributed by atoms with E-state index in [4.69, 9.17) is 5.73 Å². The van der Waals surface area contributed by atoms with Crippen molar-refractivity contribution < 1.29 is 8.42 Å². The van der Waals surface area contributed by atoms with E-state index in [9.17, 15) is 8.42 Å². The summed E-state index contributed by atoms with van der Waals surface area (Å²) in [5, 5.41) is 0. The lowest BCUT2D eigenvalue weighted by atomic mass is 10.1. The topological polar surface area (TPSA) is 72.2 Å². The second-order valence-electron chi connectivity index (χ2n) is 3.10. The van der Waals surface area contributed by atoms with Crippen LogP contribution in [0.1, 0.15) is 33.1 Å². The fourth-order valence-electron chi connectivity index (χ4n) is 1.01. The number of unbranched alkanes of at least 4 members (excludes halogenated alkanes) is 1. The van der Waals surface area contributed by atoms with Gasteiger partial charge in [0, 0.05) is 12.6 Å². The van der Waals surface area contributed by atoms with E-state index in [1.807, 2.05) is 0 Å². The fraction of sp³-hybridized carbons (Fsp3) is 1.00. The maximum absolute atomic E-state index is 11.2. The summed E-state index contributed by atoms with van der Waals surface area (Å²) >= 11 is 0. The van der Waals surface area contributed by atoms with Crippen molar-refractivity contribution in [1.82, 2.24) is 4.72 Å². The fourth-order valence-corrected chi connectivity index (χ4v) is 1.90. The van der Waals surface area contributed by atoms with Crippen LogP contribution in [-0.2, 0) is 10.0 Å². The quantitative estimate of drug-likeness (QED) is 0.698. The summed E-state index contributed by atoms with van der Waals surface area (Å²) < 4.78 is 24.9. The van der Waals surface area contributed by atoms with Crippen molar-refractivity contribution in [3.63, 3.8) is 0 Å². The number of halogens is 1. The maximum Gasteiger partial charge on any atom is 0.211 e. The normalized spacial score (nSPS) is 13.4. The molecule has 0 aliphatic carbocycles. The van der Waals surface area contributed by atoms with Gasteiger partial charge in [0.2, 0.25) is 10.0 Å². The van der Waals surface area contributed by atoms with E-state index in [1.54, 1.807) is 6.92 Å². The van der Waals surface area contributed by atoms with Gasteiger partial charge in [0.1, 0.15) is 0 Å². The van der Waals surface area contributed by atoms with Crippen LogP contribution in [0.5, 0.6) is 0 Å². The van der Waals surface area contributed by atoms with E-state index in [1.165, 1.54) is 0 Å². The van der Waals surface area contributed by atoms with Crippen LogP contribution in [0.3, 0.4) is 0 Å². The van der Waals surface area contributed by atoms with Gasteiger partial charge in [-0.3, -0.25) is 0 Å². The third-order valence-corrected chi connectivity index (χ3v) is 3.37. The number of nitrogens with one attached hydrogen (secondary N) is 1. The Bertz CT molecular complexity index is 219. The molecule has 0 rings (SSSR count). The lowest BCUT2D eigenvalue weighted by molar-refractivity contribution is 0.517.